The number of aryl methyl sites for hydroxylation is 2. The Balaban J connectivity index is 1.93. The summed E-state index contributed by atoms with van der Waals surface area (Å²) in [5.41, 5.74) is 6.06. The first-order valence-electron chi connectivity index (χ1n) is 10.6. The first-order valence-corrected chi connectivity index (χ1v) is 10.6. The van der Waals surface area contributed by atoms with Crippen LogP contribution in [-0.4, -0.2) is 39.6 Å². The fraction of sp³-hybridized carbons (Fsp3) is 0.269. The standard InChI is InChI=1S/C26H29N3O3/c1-17-6-4-5-7-23(17)24(15-25(29-32)22-12-13-27-18(2)14-22)20-8-10-21(11-9-20)26(31)28-16-19(3)30/h4-14,19,24,30,32H,15-16H2,1-3H3,(H,28,31)/t19-,24+/m0/s1. The lowest BCUT2D eigenvalue weighted by Crippen LogP contribution is -2.30. The maximum atomic E-state index is 12.3. The Morgan fingerprint density at radius 3 is 2.41 bits per heavy atom. The lowest BCUT2D eigenvalue weighted by atomic mass is 9.83. The van der Waals surface area contributed by atoms with Crippen molar-refractivity contribution in [1.82, 2.24) is 10.3 Å². The van der Waals surface area contributed by atoms with Crippen molar-refractivity contribution in [2.45, 2.75) is 39.2 Å². The van der Waals surface area contributed by atoms with Crippen molar-refractivity contribution < 1.29 is 15.1 Å². The van der Waals surface area contributed by atoms with Crippen molar-refractivity contribution in [3.63, 3.8) is 0 Å². The third-order valence-corrected chi connectivity index (χ3v) is 5.45. The molecule has 166 valence electrons. The Labute approximate surface area is 188 Å². The number of oxime groups is 1. The zero-order chi connectivity index (χ0) is 23.1. The second-order valence-electron chi connectivity index (χ2n) is 8.03. The maximum absolute atomic E-state index is 12.3. The smallest absolute Gasteiger partial charge is 0.251 e. The molecule has 1 heterocycles. The number of aromatic nitrogens is 1. The van der Waals surface area contributed by atoms with Crippen LogP contribution >= 0.6 is 0 Å². The lowest BCUT2D eigenvalue weighted by molar-refractivity contribution is 0.0924. The van der Waals surface area contributed by atoms with E-state index >= 15 is 0 Å². The highest BCUT2D eigenvalue weighted by molar-refractivity contribution is 6.01. The predicted molar refractivity (Wildman–Crippen MR) is 125 cm³/mol. The van der Waals surface area contributed by atoms with E-state index in [1.165, 1.54) is 0 Å². The van der Waals surface area contributed by atoms with Crippen LogP contribution in [0.25, 0.3) is 0 Å². The van der Waals surface area contributed by atoms with Crippen LogP contribution in [0.15, 0.2) is 72.0 Å². The molecule has 0 aliphatic heterocycles. The van der Waals surface area contributed by atoms with E-state index in [0.29, 0.717) is 17.7 Å². The van der Waals surface area contributed by atoms with Gasteiger partial charge in [0.1, 0.15) is 0 Å². The quantitative estimate of drug-likeness (QED) is 0.283. The number of hydrogen-bond donors (Lipinski definition) is 3. The maximum Gasteiger partial charge on any atom is 0.251 e. The summed E-state index contributed by atoms with van der Waals surface area (Å²) >= 11 is 0. The average Bonchev–Trinajstić information content (AvgIpc) is 2.79. The zero-order valence-electron chi connectivity index (χ0n) is 18.6. The van der Waals surface area contributed by atoms with Gasteiger partial charge < -0.3 is 15.6 Å². The lowest BCUT2D eigenvalue weighted by Gasteiger charge is -2.21. The minimum Gasteiger partial charge on any atom is -0.411 e. The SMILES string of the molecule is Cc1cc(C(C[C@H](c2ccc(C(=O)NC[C@H](C)O)cc2)c2ccccc2C)=NO)ccn1. The van der Waals surface area contributed by atoms with Gasteiger partial charge in [0.15, 0.2) is 0 Å². The van der Waals surface area contributed by atoms with Gasteiger partial charge in [-0.3, -0.25) is 9.78 Å². The summed E-state index contributed by atoms with van der Waals surface area (Å²) in [4.78, 5) is 16.5. The number of carbonyl (C=O) groups is 1. The van der Waals surface area contributed by atoms with Gasteiger partial charge in [-0.1, -0.05) is 41.6 Å². The number of rotatable bonds is 8. The van der Waals surface area contributed by atoms with E-state index in [-0.39, 0.29) is 18.4 Å². The van der Waals surface area contributed by atoms with Gasteiger partial charge in [0.25, 0.3) is 5.91 Å². The van der Waals surface area contributed by atoms with Crippen molar-refractivity contribution in [2.75, 3.05) is 6.54 Å². The molecule has 2 atom stereocenters. The van der Waals surface area contributed by atoms with Gasteiger partial charge in [0.2, 0.25) is 0 Å². The molecular formula is C26H29N3O3. The first kappa shape index (κ1) is 23.2. The summed E-state index contributed by atoms with van der Waals surface area (Å²) < 4.78 is 0. The van der Waals surface area contributed by atoms with E-state index < -0.39 is 6.10 Å². The average molecular weight is 432 g/mol. The molecule has 0 aliphatic carbocycles. The molecule has 0 spiro atoms. The van der Waals surface area contributed by atoms with Gasteiger partial charge in [0.05, 0.1) is 11.8 Å². The number of benzene rings is 2. The van der Waals surface area contributed by atoms with Crippen LogP contribution in [0.2, 0.25) is 0 Å². The number of aliphatic hydroxyl groups is 1. The molecule has 0 fully saturated rings. The van der Waals surface area contributed by atoms with Crippen molar-refractivity contribution in [3.8, 4) is 0 Å². The van der Waals surface area contributed by atoms with E-state index in [4.69, 9.17) is 0 Å². The number of amides is 1. The van der Waals surface area contributed by atoms with Gasteiger partial charge in [0, 0.05) is 41.9 Å². The summed E-state index contributed by atoms with van der Waals surface area (Å²) in [6.07, 6.45) is 1.59. The monoisotopic (exact) mass is 431 g/mol. The van der Waals surface area contributed by atoms with Gasteiger partial charge in [-0.15, -0.1) is 0 Å². The summed E-state index contributed by atoms with van der Waals surface area (Å²) in [5.74, 6) is -0.292. The highest BCUT2D eigenvalue weighted by atomic mass is 16.4. The molecule has 0 aliphatic rings. The second kappa shape index (κ2) is 10.7. The molecule has 32 heavy (non-hydrogen) atoms. The van der Waals surface area contributed by atoms with Crippen LogP contribution < -0.4 is 5.32 Å². The third kappa shape index (κ3) is 5.80. The summed E-state index contributed by atoms with van der Waals surface area (Å²) in [5, 5.41) is 25.5. The van der Waals surface area contributed by atoms with E-state index in [0.717, 1.165) is 27.9 Å². The zero-order valence-corrected chi connectivity index (χ0v) is 18.6. The molecule has 0 radical (unpaired) electrons. The fourth-order valence-electron chi connectivity index (χ4n) is 3.73. The van der Waals surface area contributed by atoms with Crippen LogP contribution in [0.3, 0.4) is 0 Å². The fourth-order valence-corrected chi connectivity index (χ4v) is 3.73. The van der Waals surface area contributed by atoms with Crippen LogP contribution in [0.4, 0.5) is 0 Å². The van der Waals surface area contributed by atoms with Crippen molar-refractivity contribution >= 4 is 11.6 Å². The minimum atomic E-state index is -0.600. The Hall–Kier alpha value is -3.51. The molecular weight excluding hydrogens is 402 g/mol. The summed E-state index contributed by atoms with van der Waals surface area (Å²) in [6.45, 7) is 5.79. The first-order chi connectivity index (χ1) is 15.4. The molecule has 6 heteroatoms. The Kier molecular flexibility index (Phi) is 7.73. The van der Waals surface area contributed by atoms with Crippen molar-refractivity contribution in [2.24, 2.45) is 5.16 Å². The minimum absolute atomic E-state index is 0.0647. The van der Waals surface area contributed by atoms with E-state index in [9.17, 15) is 15.1 Å². The molecule has 0 saturated heterocycles. The molecule has 3 aromatic rings. The predicted octanol–water partition coefficient (Wildman–Crippen LogP) is 4.21. The van der Waals surface area contributed by atoms with Gasteiger partial charge in [-0.05, 0) is 61.7 Å². The number of nitrogens with zero attached hydrogens (tertiary/aromatic N) is 2. The van der Waals surface area contributed by atoms with E-state index in [1.807, 2.05) is 43.3 Å². The van der Waals surface area contributed by atoms with Gasteiger partial charge >= 0.3 is 0 Å². The Morgan fingerprint density at radius 2 is 1.78 bits per heavy atom. The van der Waals surface area contributed by atoms with E-state index in [2.05, 4.69) is 34.5 Å². The molecule has 0 bridgehead atoms. The van der Waals surface area contributed by atoms with Crippen LogP contribution in [0, 0.1) is 13.8 Å². The highest BCUT2D eigenvalue weighted by Crippen LogP contribution is 2.32. The second-order valence-corrected chi connectivity index (χ2v) is 8.03. The normalized spacial score (nSPS) is 13.4. The van der Waals surface area contributed by atoms with Gasteiger partial charge in [-0.25, -0.2) is 0 Å². The van der Waals surface area contributed by atoms with Crippen LogP contribution in [-0.2, 0) is 0 Å². The molecule has 3 rings (SSSR count). The van der Waals surface area contributed by atoms with Crippen molar-refractivity contribution in [1.29, 1.82) is 0 Å². The van der Waals surface area contributed by atoms with Crippen LogP contribution in [0.1, 0.15) is 57.6 Å². The molecule has 2 aromatic carbocycles. The molecule has 1 amide bonds. The number of hydrogen-bond acceptors (Lipinski definition) is 5. The Bertz CT molecular complexity index is 1090. The summed E-state index contributed by atoms with van der Waals surface area (Å²) in [6, 6.07) is 19.3. The van der Waals surface area contributed by atoms with E-state index in [1.54, 1.807) is 25.3 Å². The van der Waals surface area contributed by atoms with Gasteiger partial charge in [-0.2, -0.15) is 0 Å². The number of carbonyl (C=O) groups excluding carboxylic acids is 1. The largest absolute Gasteiger partial charge is 0.411 e. The number of aliphatic hydroxyl groups excluding tert-OH is 1. The molecule has 0 unspecified atom stereocenters. The molecule has 1 aromatic heterocycles. The molecule has 0 saturated carbocycles. The van der Waals surface area contributed by atoms with Crippen LogP contribution in [0.5, 0.6) is 0 Å². The topological polar surface area (TPSA) is 94.8 Å². The molecule has 6 nitrogen and oxygen atoms in total. The number of pyridine rings is 1. The third-order valence-electron chi connectivity index (χ3n) is 5.45. The number of nitrogens with one attached hydrogen (secondary N) is 1. The van der Waals surface area contributed by atoms with Crippen molar-refractivity contribution in [3.05, 3.63) is 100 Å². The molecule has 3 N–H and O–H groups in total. The summed E-state index contributed by atoms with van der Waals surface area (Å²) in [7, 11) is 0. The highest BCUT2D eigenvalue weighted by Gasteiger charge is 2.21. The Morgan fingerprint density at radius 1 is 1.06 bits per heavy atom.